The highest BCUT2D eigenvalue weighted by molar-refractivity contribution is 5.55. The van der Waals surface area contributed by atoms with Crippen LogP contribution in [0.3, 0.4) is 0 Å². The second-order valence-corrected chi connectivity index (χ2v) is 3.35. The molecule has 1 aromatic carbocycles. The molecule has 0 N–H and O–H groups in total. The zero-order valence-electron chi connectivity index (χ0n) is 9.38. The van der Waals surface area contributed by atoms with Gasteiger partial charge in [-0.3, -0.25) is 0 Å². The van der Waals surface area contributed by atoms with Crippen LogP contribution in [0, 0.1) is 11.3 Å². The summed E-state index contributed by atoms with van der Waals surface area (Å²) in [4.78, 5) is 4.18. The summed E-state index contributed by atoms with van der Waals surface area (Å²) in [5, 5.41) is 12.6. The molecule has 86 valence electrons. The molecule has 0 aliphatic heterocycles. The average Bonchev–Trinajstić information content (AvgIpc) is 2.85. The maximum Gasteiger partial charge on any atom is 0.258 e. The number of hydrogen-bond donors (Lipinski definition) is 0. The maximum absolute atomic E-state index is 8.79. The van der Waals surface area contributed by atoms with Crippen LogP contribution in [0.1, 0.15) is 18.3 Å². The van der Waals surface area contributed by atoms with Gasteiger partial charge in [-0.2, -0.15) is 10.2 Å². The third-order valence-corrected chi connectivity index (χ3v) is 2.14. The van der Waals surface area contributed by atoms with Gasteiger partial charge >= 0.3 is 0 Å². The molecule has 0 atom stereocenters. The lowest BCUT2D eigenvalue weighted by Crippen LogP contribution is -1.93. The van der Waals surface area contributed by atoms with E-state index in [1.165, 1.54) is 0 Å². The Morgan fingerprint density at radius 2 is 2.35 bits per heavy atom. The van der Waals surface area contributed by atoms with Gasteiger partial charge in [0.25, 0.3) is 5.89 Å². The number of nitriles is 1. The topological polar surface area (TPSA) is 71.9 Å². The van der Waals surface area contributed by atoms with Gasteiger partial charge in [0, 0.05) is 12.2 Å². The molecule has 2 rings (SSSR count). The van der Waals surface area contributed by atoms with E-state index >= 15 is 0 Å². The van der Waals surface area contributed by atoms with Crippen LogP contribution < -0.4 is 0 Å². The van der Waals surface area contributed by atoms with Crippen LogP contribution in [-0.2, 0) is 11.3 Å². The number of aromatic nitrogens is 2. The first-order valence-electron chi connectivity index (χ1n) is 5.24. The number of nitrogens with zero attached hydrogens (tertiary/aromatic N) is 3. The van der Waals surface area contributed by atoms with Gasteiger partial charge < -0.3 is 9.26 Å². The summed E-state index contributed by atoms with van der Waals surface area (Å²) in [5.41, 5.74) is 1.30. The summed E-state index contributed by atoms with van der Waals surface area (Å²) in [7, 11) is 0. The van der Waals surface area contributed by atoms with E-state index in [0.29, 0.717) is 30.5 Å². The lowest BCUT2D eigenvalue weighted by atomic mass is 10.1. The van der Waals surface area contributed by atoms with Crippen LogP contribution in [0.2, 0.25) is 0 Å². The number of benzene rings is 1. The first-order chi connectivity index (χ1) is 8.33. The van der Waals surface area contributed by atoms with Gasteiger partial charge in [-0.1, -0.05) is 11.2 Å². The molecule has 17 heavy (non-hydrogen) atoms. The number of ether oxygens (including phenoxy) is 1. The maximum atomic E-state index is 8.79. The van der Waals surface area contributed by atoms with Crippen molar-refractivity contribution in [2.75, 3.05) is 6.61 Å². The molecule has 0 amide bonds. The van der Waals surface area contributed by atoms with Crippen molar-refractivity contribution in [2.24, 2.45) is 0 Å². The van der Waals surface area contributed by atoms with Gasteiger partial charge in [0.2, 0.25) is 0 Å². The minimum absolute atomic E-state index is 0.331. The van der Waals surface area contributed by atoms with E-state index in [2.05, 4.69) is 16.2 Å². The molecule has 1 aromatic heterocycles. The fourth-order valence-corrected chi connectivity index (χ4v) is 1.34. The molecule has 2 aromatic rings. The summed E-state index contributed by atoms with van der Waals surface area (Å²) in [6, 6.07) is 9.09. The van der Waals surface area contributed by atoms with Crippen molar-refractivity contribution in [3.63, 3.8) is 0 Å². The molecule has 5 heteroatoms. The molecule has 0 aliphatic carbocycles. The first-order valence-corrected chi connectivity index (χ1v) is 5.24. The Morgan fingerprint density at radius 1 is 1.47 bits per heavy atom. The van der Waals surface area contributed by atoms with Gasteiger partial charge in [0.1, 0.15) is 6.61 Å². The van der Waals surface area contributed by atoms with Gasteiger partial charge in [-0.15, -0.1) is 0 Å². The molecule has 0 saturated carbocycles. The Labute approximate surface area is 98.6 Å². The van der Waals surface area contributed by atoms with E-state index in [-0.39, 0.29) is 0 Å². The summed E-state index contributed by atoms with van der Waals surface area (Å²) in [5.74, 6) is 0.904. The Balaban J connectivity index is 2.21. The van der Waals surface area contributed by atoms with E-state index in [0.717, 1.165) is 5.56 Å². The summed E-state index contributed by atoms with van der Waals surface area (Å²) >= 11 is 0. The molecule has 0 aliphatic rings. The standard InChI is InChI=1S/C12H11N3O2/c1-2-16-8-11-14-12(17-15-11)10-5-3-4-9(6-10)7-13/h3-6H,2,8H2,1H3. The summed E-state index contributed by atoms with van der Waals surface area (Å²) in [6.45, 7) is 2.84. The molecule has 0 bridgehead atoms. The van der Waals surface area contributed by atoms with E-state index in [9.17, 15) is 0 Å². The van der Waals surface area contributed by atoms with Crippen molar-refractivity contribution in [3.05, 3.63) is 35.7 Å². The Morgan fingerprint density at radius 3 is 3.12 bits per heavy atom. The Bertz CT molecular complexity index is 543. The van der Waals surface area contributed by atoms with Crippen molar-refractivity contribution in [3.8, 4) is 17.5 Å². The van der Waals surface area contributed by atoms with Crippen LogP contribution >= 0.6 is 0 Å². The van der Waals surface area contributed by atoms with Crippen LogP contribution in [0.4, 0.5) is 0 Å². The highest BCUT2D eigenvalue weighted by Crippen LogP contribution is 2.18. The van der Waals surface area contributed by atoms with Crippen molar-refractivity contribution >= 4 is 0 Å². The van der Waals surface area contributed by atoms with Gasteiger partial charge in [0.15, 0.2) is 5.82 Å². The smallest absolute Gasteiger partial charge is 0.258 e. The largest absolute Gasteiger partial charge is 0.374 e. The number of rotatable bonds is 4. The molecular weight excluding hydrogens is 218 g/mol. The van der Waals surface area contributed by atoms with Crippen molar-refractivity contribution < 1.29 is 9.26 Å². The van der Waals surface area contributed by atoms with Crippen molar-refractivity contribution in [1.82, 2.24) is 10.1 Å². The third-order valence-electron chi connectivity index (χ3n) is 2.14. The minimum atomic E-state index is 0.331. The molecular formula is C12H11N3O2. The van der Waals surface area contributed by atoms with Gasteiger partial charge in [-0.25, -0.2) is 0 Å². The Kier molecular flexibility index (Phi) is 3.48. The van der Waals surface area contributed by atoms with E-state index in [4.69, 9.17) is 14.5 Å². The monoisotopic (exact) mass is 229 g/mol. The van der Waals surface area contributed by atoms with Crippen LogP contribution in [0.5, 0.6) is 0 Å². The number of hydrogen-bond acceptors (Lipinski definition) is 5. The average molecular weight is 229 g/mol. The van der Waals surface area contributed by atoms with Crippen LogP contribution in [0.25, 0.3) is 11.5 Å². The van der Waals surface area contributed by atoms with Gasteiger partial charge in [0.05, 0.1) is 11.6 Å². The van der Waals surface area contributed by atoms with Crippen LogP contribution in [-0.4, -0.2) is 16.7 Å². The van der Waals surface area contributed by atoms with Crippen molar-refractivity contribution in [2.45, 2.75) is 13.5 Å². The second kappa shape index (κ2) is 5.23. The molecule has 1 heterocycles. The zero-order chi connectivity index (χ0) is 12.1. The fraction of sp³-hybridized carbons (Fsp3) is 0.250. The highest BCUT2D eigenvalue weighted by Gasteiger charge is 2.08. The van der Waals surface area contributed by atoms with E-state index < -0.39 is 0 Å². The summed E-state index contributed by atoms with van der Waals surface area (Å²) in [6.07, 6.45) is 0. The summed E-state index contributed by atoms with van der Waals surface area (Å²) < 4.78 is 10.3. The molecule has 0 unspecified atom stereocenters. The SMILES string of the molecule is CCOCc1noc(-c2cccc(C#N)c2)n1. The van der Waals surface area contributed by atoms with E-state index in [1.54, 1.807) is 18.2 Å². The van der Waals surface area contributed by atoms with Gasteiger partial charge in [-0.05, 0) is 25.1 Å². The van der Waals surface area contributed by atoms with E-state index in [1.807, 2.05) is 13.0 Å². The lowest BCUT2D eigenvalue weighted by molar-refractivity contribution is 0.126. The second-order valence-electron chi connectivity index (χ2n) is 3.35. The lowest BCUT2D eigenvalue weighted by Gasteiger charge is -1.94. The highest BCUT2D eigenvalue weighted by atomic mass is 16.5. The molecule has 0 radical (unpaired) electrons. The molecule has 0 spiro atoms. The predicted molar refractivity (Wildman–Crippen MR) is 59.8 cm³/mol. The molecule has 0 fully saturated rings. The third kappa shape index (κ3) is 2.68. The predicted octanol–water partition coefficient (Wildman–Crippen LogP) is 2.14. The molecule has 0 saturated heterocycles. The Hall–Kier alpha value is -2.19. The van der Waals surface area contributed by atoms with Crippen LogP contribution in [0.15, 0.2) is 28.8 Å². The normalized spacial score (nSPS) is 10.1. The zero-order valence-corrected chi connectivity index (χ0v) is 9.38. The quantitative estimate of drug-likeness (QED) is 0.803. The molecule has 5 nitrogen and oxygen atoms in total. The van der Waals surface area contributed by atoms with Crippen molar-refractivity contribution in [1.29, 1.82) is 5.26 Å². The fourth-order valence-electron chi connectivity index (χ4n) is 1.34. The first kappa shape index (κ1) is 11.3. The minimum Gasteiger partial charge on any atom is -0.374 e.